The molecule has 2 aliphatic carbocycles. The van der Waals surface area contributed by atoms with E-state index >= 15 is 0 Å². The lowest BCUT2D eigenvalue weighted by molar-refractivity contribution is -0.135. The molecule has 2 atom stereocenters. The highest BCUT2D eigenvalue weighted by atomic mass is 19.1. The SMILES string of the molecule is COC(=O)C1=CCC(C)(c2cc(O)ccc2F)C(C2CCCC2(C)C)=C1. The number of carbonyl (C=O) groups excluding carboxylic acids is 1. The number of allylic oxidation sites excluding steroid dienone is 2. The lowest BCUT2D eigenvalue weighted by Gasteiger charge is -2.42. The standard InChI is InChI=1S/C22H27FO3/c1-21(2)10-5-6-16(21)17-12-14(20(25)26-4)9-11-22(17,3)18-13-15(24)7-8-19(18)23/h7-9,12-13,16,24H,5-6,10-11H2,1-4H3. The van der Waals surface area contributed by atoms with Crippen molar-refractivity contribution in [2.45, 2.75) is 51.9 Å². The van der Waals surface area contributed by atoms with Crippen LogP contribution in [0.2, 0.25) is 0 Å². The molecular formula is C22H27FO3. The predicted octanol–water partition coefficient (Wildman–Crippen LogP) is 5.04. The molecule has 0 radical (unpaired) electrons. The second-order valence-electron chi connectivity index (χ2n) is 8.38. The van der Waals surface area contributed by atoms with Gasteiger partial charge in [-0.25, -0.2) is 9.18 Å². The quantitative estimate of drug-likeness (QED) is 0.770. The minimum atomic E-state index is -0.605. The summed E-state index contributed by atoms with van der Waals surface area (Å²) in [6.07, 6.45) is 7.45. The third-order valence-electron chi connectivity index (χ3n) is 6.28. The van der Waals surface area contributed by atoms with Gasteiger partial charge < -0.3 is 9.84 Å². The maximum Gasteiger partial charge on any atom is 0.337 e. The van der Waals surface area contributed by atoms with E-state index in [0.717, 1.165) is 24.8 Å². The van der Waals surface area contributed by atoms with Gasteiger partial charge in [0, 0.05) is 11.0 Å². The Labute approximate surface area is 154 Å². The maximum atomic E-state index is 14.7. The molecule has 3 nitrogen and oxygen atoms in total. The molecular weight excluding hydrogens is 331 g/mol. The van der Waals surface area contributed by atoms with Crippen LogP contribution >= 0.6 is 0 Å². The van der Waals surface area contributed by atoms with Gasteiger partial charge in [0.2, 0.25) is 0 Å². The van der Waals surface area contributed by atoms with Gasteiger partial charge in [0.05, 0.1) is 12.7 Å². The summed E-state index contributed by atoms with van der Waals surface area (Å²) in [5, 5.41) is 9.94. The summed E-state index contributed by atoms with van der Waals surface area (Å²) in [7, 11) is 1.37. The normalized spacial score (nSPS) is 27.7. The molecule has 1 aromatic carbocycles. The molecule has 0 spiro atoms. The Balaban J connectivity index is 2.15. The zero-order valence-corrected chi connectivity index (χ0v) is 15.9. The first-order valence-corrected chi connectivity index (χ1v) is 9.18. The summed E-state index contributed by atoms with van der Waals surface area (Å²) in [6.45, 7) is 6.48. The van der Waals surface area contributed by atoms with Crippen molar-refractivity contribution in [1.29, 1.82) is 0 Å². The van der Waals surface area contributed by atoms with Crippen LogP contribution in [0.5, 0.6) is 5.75 Å². The van der Waals surface area contributed by atoms with Gasteiger partial charge in [-0.3, -0.25) is 0 Å². The van der Waals surface area contributed by atoms with Crippen LogP contribution in [0.3, 0.4) is 0 Å². The molecule has 4 heteroatoms. The van der Waals surface area contributed by atoms with E-state index < -0.39 is 5.41 Å². The van der Waals surface area contributed by atoms with Crippen molar-refractivity contribution < 1.29 is 19.0 Å². The second kappa shape index (κ2) is 6.57. The highest BCUT2D eigenvalue weighted by Crippen LogP contribution is 2.54. The fourth-order valence-electron chi connectivity index (χ4n) is 4.67. The van der Waals surface area contributed by atoms with Crippen molar-refractivity contribution in [1.82, 2.24) is 0 Å². The highest BCUT2D eigenvalue weighted by molar-refractivity contribution is 5.92. The van der Waals surface area contributed by atoms with E-state index in [9.17, 15) is 14.3 Å². The number of esters is 1. The third-order valence-corrected chi connectivity index (χ3v) is 6.28. The number of phenols is 1. The molecule has 0 aromatic heterocycles. The molecule has 140 valence electrons. The van der Waals surface area contributed by atoms with Gasteiger partial charge >= 0.3 is 5.97 Å². The first-order valence-electron chi connectivity index (χ1n) is 9.18. The van der Waals surface area contributed by atoms with E-state index in [1.54, 1.807) is 0 Å². The lowest BCUT2D eigenvalue weighted by Crippen LogP contribution is -2.36. The zero-order chi connectivity index (χ0) is 19.1. The van der Waals surface area contributed by atoms with Gasteiger partial charge in [0.1, 0.15) is 11.6 Å². The van der Waals surface area contributed by atoms with Crippen molar-refractivity contribution in [3.63, 3.8) is 0 Å². The molecule has 0 amide bonds. The van der Waals surface area contributed by atoms with Crippen molar-refractivity contribution in [2.24, 2.45) is 11.3 Å². The first-order chi connectivity index (χ1) is 12.2. The molecule has 0 heterocycles. The maximum absolute atomic E-state index is 14.7. The summed E-state index contributed by atoms with van der Waals surface area (Å²) in [5.74, 6) is -0.392. The Morgan fingerprint density at radius 2 is 2.04 bits per heavy atom. The van der Waals surface area contributed by atoms with E-state index in [4.69, 9.17) is 4.74 Å². The van der Waals surface area contributed by atoms with Crippen LogP contribution < -0.4 is 0 Å². The summed E-state index contributed by atoms with van der Waals surface area (Å²) >= 11 is 0. The molecule has 0 saturated heterocycles. The Kier molecular flexibility index (Phi) is 4.72. The van der Waals surface area contributed by atoms with Crippen LogP contribution in [0.25, 0.3) is 0 Å². The third kappa shape index (κ3) is 3.06. The first kappa shape index (κ1) is 18.7. The molecule has 0 aliphatic heterocycles. The van der Waals surface area contributed by atoms with E-state index in [1.807, 2.05) is 19.1 Å². The summed E-state index contributed by atoms with van der Waals surface area (Å²) in [4.78, 5) is 12.1. The monoisotopic (exact) mass is 358 g/mol. The molecule has 2 unspecified atom stereocenters. The van der Waals surface area contributed by atoms with Gasteiger partial charge in [-0.1, -0.05) is 38.8 Å². The van der Waals surface area contributed by atoms with Gasteiger partial charge in [-0.05, 0) is 54.9 Å². The number of halogens is 1. The average molecular weight is 358 g/mol. The molecule has 26 heavy (non-hydrogen) atoms. The molecule has 3 rings (SSSR count). The molecule has 1 fully saturated rings. The molecule has 1 N–H and O–H groups in total. The van der Waals surface area contributed by atoms with E-state index in [2.05, 4.69) is 13.8 Å². The van der Waals surface area contributed by atoms with Crippen LogP contribution in [0.4, 0.5) is 4.39 Å². The molecule has 2 aliphatic rings. The van der Waals surface area contributed by atoms with Crippen molar-refractivity contribution in [3.05, 3.63) is 52.9 Å². The van der Waals surface area contributed by atoms with Crippen LogP contribution in [-0.4, -0.2) is 18.2 Å². The highest BCUT2D eigenvalue weighted by Gasteiger charge is 2.46. The predicted molar refractivity (Wildman–Crippen MR) is 99.3 cm³/mol. The van der Waals surface area contributed by atoms with Crippen LogP contribution in [0, 0.1) is 17.2 Å². The van der Waals surface area contributed by atoms with Gasteiger partial charge in [0.15, 0.2) is 0 Å². The van der Waals surface area contributed by atoms with Crippen LogP contribution in [0.1, 0.15) is 52.0 Å². The Bertz CT molecular complexity index is 791. The Morgan fingerprint density at radius 1 is 1.31 bits per heavy atom. The lowest BCUT2D eigenvalue weighted by atomic mass is 9.61. The zero-order valence-electron chi connectivity index (χ0n) is 15.9. The smallest absolute Gasteiger partial charge is 0.337 e. The largest absolute Gasteiger partial charge is 0.508 e. The summed E-state index contributed by atoms with van der Waals surface area (Å²) in [5.41, 5.74) is 1.55. The fourth-order valence-corrected chi connectivity index (χ4v) is 4.67. The number of methoxy groups -OCH3 is 1. The Hall–Kier alpha value is -2.10. The molecule has 1 aromatic rings. The van der Waals surface area contributed by atoms with E-state index in [-0.39, 0.29) is 28.9 Å². The van der Waals surface area contributed by atoms with Crippen LogP contribution in [0.15, 0.2) is 41.5 Å². The Morgan fingerprint density at radius 3 is 2.65 bits per heavy atom. The van der Waals surface area contributed by atoms with E-state index in [0.29, 0.717) is 17.6 Å². The fraction of sp³-hybridized carbons (Fsp3) is 0.500. The van der Waals surface area contributed by atoms with Gasteiger partial charge in [-0.15, -0.1) is 0 Å². The van der Waals surface area contributed by atoms with Crippen molar-refractivity contribution in [2.75, 3.05) is 7.11 Å². The average Bonchev–Trinajstić information content (AvgIpc) is 2.95. The number of ether oxygens (including phenoxy) is 1. The number of hydrogen-bond donors (Lipinski definition) is 1. The van der Waals surface area contributed by atoms with E-state index in [1.165, 1.54) is 25.3 Å². The summed E-state index contributed by atoms with van der Waals surface area (Å²) < 4.78 is 19.6. The molecule has 1 saturated carbocycles. The number of benzene rings is 1. The van der Waals surface area contributed by atoms with Crippen LogP contribution in [-0.2, 0) is 14.9 Å². The summed E-state index contributed by atoms with van der Waals surface area (Å²) in [6, 6.07) is 4.19. The van der Waals surface area contributed by atoms with Gasteiger partial charge in [0.25, 0.3) is 0 Å². The number of phenolic OH excluding ortho intramolecular Hbond substituents is 1. The minimum Gasteiger partial charge on any atom is -0.508 e. The van der Waals surface area contributed by atoms with Crippen molar-refractivity contribution >= 4 is 5.97 Å². The number of rotatable bonds is 3. The number of aromatic hydroxyl groups is 1. The number of hydrogen-bond acceptors (Lipinski definition) is 3. The van der Waals surface area contributed by atoms with Crippen molar-refractivity contribution in [3.8, 4) is 5.75 Å². The minimum absolute atomic E-state index is 0.0513. The second-order valence-corrected chi connectivity index (χ2v) is 8.38. The molecule has 0 bridgehead atoms. The van der Waals surface area contributed by atoms with Gasteiger partial charge in [-0.2, -0.15) is 0 Å². The number of carbonyl (C=O) groups is 1. The topological polar surface area (TPSA) is 46.5 Å².